The molecule has 17 heavy (non-hydrogen) atoms. The lowest BCUT2D eigenvalue weighted by Gasteiger charge is -2.03. The molecule has 1 aliphatic rings. The zero-order chi connectivity index (χ0) is 11.8. The minimum Gasteiger partial charge on any atom is -0.395 e. The number of aliphatic hydroxyl groups is 1. The molecule has 0 atom stereocenters. The smallest absolute Gasteiger partial charge is 0.200 e. The molecule has 1 fully saturated rings. The number of H-pyrrole nitrogens is 2. The highest BCUT2D eigenvalue weighted by Crippen LogP contribution is 2.39. The molecule has 2 heterocycles. The predicted molar refractivity (Wildman–Crippen MR) is 66.6 cm³/mol. The van der Waals surface area contributed by atoms with Crippen molar-refractivity contribution in [2.75, 3.05) is 18.5 Å². The number of nitrogens with zero attached hydrogens (tertiary/aromatic N) is 2. The van der Waals surface area contributed by atoms with Crippen LogP contribution >= 0.6 is 12.2 Å². The lowest BCUT2D eigenvalue weighted by molar-refractivity contribution is 0.311. The first kappa shape index (κ1) is 10.7. The van der Waals surface area contributed by atoms with Crippen LogP contribution < -0.4 is 5.32 Å². The van der Waals surface area contributed by atoms with E-state index in [1.54, 1.807) is 0 Å². The van der Waals surface area contributed by atoms with Crippen molar-refractivity contribution >= 4 is 29.2 Å². The van der Waals surface area contributed by atoms with Crippen LogP contribution in [0.15, 0.2) is 0 Å². The number of nitrogens with one attached hydrogen (secondary N) is 3. The topological polar surface area (TPSA) is 89.6 Å². The molecule has 4 N–H and O–H groups in total. The summed E-state index contributed by atoms with van der Waals surface area (Å²) in [7, 11) is 0. The van der Waals surface area contributed by atoms with E-state index in [0.717, 1.165) is 17.0 Å². The molecule has 0 aliphatic heterocycles. The Labute approximate surface area is 103 Å². The predicted octanol–water partition coefficient (Wildman–Crippen LogP) is 1.30. The van der Waals surface area contributed by atoms with Crippen LogP contribution in [-0.2, 0) is 0 Å². The van der Waals surface area contributed by atoms with E-state index in [9.17, 15) is 0 Å². The van der Waals surface area contributed by atoms with Gasteiger partial charge in [-0.15, -0.1) is 0 Å². The minimum absolute atomic E-state index is 0.0537. The van der Waals surface area contributed by atoms with Crippen molar-refractivity contribution in [3.05, 3.63) is 10.6 Å². The maximum Gasteiger partial charge on any atom is 0.200 e. The Kier molecular flexibility index (Phi) is 2.56. The van der Waals surface area contributed by atoms with E-state index in [0.29, 0.717) is 23.1 Å². The van der Waals surface area contributed by atoms with Crippen LogP contribution in [-0.4, -0.2) is 38.2 Å². The SMILES string of the molecule is OCCNc1nc(=S)[nH]c2nc(C3CC3)[nH]c12. The molecular weight excluding hydrogens is 238 g/mol. The van der Waals surface area contributed by atoms with E-state index in [2.05, 4.69) is 25.3 Å². The van der Waals surface area contributed by atoms with Gasteiger partial charge in [-0.05, 0) is 25.1 Å². The third-order valence-electron chi connectivity index (χ3n) is 2.77. The van der Waals surface area contributed by atoms with Crippen molar-refractivity contribution in [2.45, 2.75) is 18.8 Å². The quantitative estimate of drug-likeness (QED) is 0.615. The second kappa shape index (κ2) is 4.08. The molecule has 2 aromatic heterocycles. The molecule has 0 radical (unpaired) electrons. The number of aliphatic hydroxyl groups excluding tert-OH is 1. The summed E-state index contributed by atoms with van der Waals surface area (Å²) in [4.78, 5) is 14.9. The van der Waals surface area contributed by atoms with E-state index >= 15 is 0 Å². The molecule has 3 rings (SSSR count). The summed E-state index contributed by atoms with van der Waals surface area (Å²) in [6, 6.07) is 0. The van der Waals surface area contributed by atoms with Gasteiger partial charge in [-0.2, -0.15) is 0 Å². The van der Waals surface area contributed by atoms with Gasteiger partial charge in [0, 0.05) is 12.5 Å². The lowest BCUT2D eigenvalue weighted by atomic mass is 10.4. The van der Waals surface area contributed by atoms with E-state index in [-0.39, 0.29) is 6.61 Å². The summed E-state index contributed by atoms with van der Waals surface area (Å²) in [6.45, 7) is 0.497. The molecule has 0 aromatic carbocycles. The summed E-state index contributed by atoms with van der Waals surface area (Å²) in [5.74, 6) is 2.19. The highest BCUT2D eigenvalue weighted by Gasteiger charge is 2.27. The van der Waals surface area contributed by atoms with Crippen LogP contribution in [0.5, 0.6) is 0 Å². The Morgan fingerprint density at radius 1 is 1.35 bits per heavy atom. The van der Waals surface area contributed by atoms with Gasteiger partial charge in [-0.1, -0.05) is 0 Å². The molecule has 0 unspecified atom stereocenters. The van der Waals surface area contributed by atoms with Gasteiger partial charge in [0.15, 0.2) is 11.5 Å². The molecule has 6 nitrogen and oxygen atoms in total. The van der Waals surface area contributed by atoms with E-state index in [1.165, 1.54) is 12.8 Å². The number of rotatable bonds is 4. The summed E-state index contributed by atoms with van der Waals surface area (Å²) in [5, 5.41) is 11.9. The standard InChI is InChI=1S/C10H13N5OS/c16-4-3-11-8-6-9(15-10(17)14-8)13-7(12-6)5-1-2-5/h5,16H,1-4H2,(H3,11,12,13,14,15,17). The van der Waals surface area contributed by atoms with Gasteiger partial charge < -0.3 is 20.4 Å². The van der Waals surface area contributed by atoms with Crippen LogP contribution in [0.1, 0.15) is 24.6 Å². The summed E-state index contributed by atoms with van der Waals surface area (Å²) in [5.41, 5.74) is 1.56. The van der Waals surface area contributed by atoms with Gasteiger partial charge in [0.2, 0.25) is 4.77 Å². The Morgan fingerprint density at radius 3 is 2.88 bits per heavy atom. The number of aromatic amines is 2. The Morgan fingerprint density at radius 2 is 2.18 bits per heavy atom. The Bertz CT molecular complexity index is 600. The van der Waals surface area contributed by atoms with E-state index in [1.807, 2.05) is 0 Å². The van der Waals surface area contributed by atoms with Crippen LogP contribution in [0.4, 0.5) is 5.82 Å². The fourth-order valence-electron chi connectivity index (χ4n) is 1.79. The van der Waals surface area contributed by atoms with Crippen LogP contribution in [0.2, 0.25) is 0 Å². The molecule has 0 bridgehead atoms. The highest BCUT2D eigenvalue weighted by molar-refractivity contribution is 7.71. The molecule has 0 spiro atoms. The second-order valence-electron chi connectivity index (χ2n) is 4.16. The molecule has 0 saturated heterocycles. The number of hydrogen-bond donors (Lipinski definition) is 4. The van der Waals surface area contributed by atoms with Crippen molar-refractivity contribution < 1.29 is 5.11 Å². The van der Waals surface area contributed by atoms with E-state index < -0.39 is 0 Å². The maximum atomic E-state index is 8.82. The number of imidazole rings is 1. The second-order valence-corrected chi connectivity index (χ2v) is 4.55. The number of anilines is 1. The Hall–Kier alpha value is -1.47. The zero-order valence-corrected chi connectivity index (χ0v) is 9.97. The lowest BCUT2D eigenvalue weighted by Crippen LogP contribution is -2.08. The van der Waals surface area contributed by atoms with Crippen molar-refractivity contribution in [3.63, 3.8) is 0 Å². The number of hydrogen-bond acceptors (Lipinski definition) is 5. The van der Waals surface area contributed by atoms with Gasteiger partial charge in [-0.25, -0.2) is 9.97 Å². The van der Waals surface area contributed by atoms with Gasteiger partial charge in [0.25, 0.3) is 0 Å². The Balaban J connectivity index is 2.08. The van der Waals surface area contributed by atoms with Crippen LogP contribution in [0.3, 0.4) is 0 Å². The monoisotopic (exact) mass is 251 g/mol. The van der Waals surface area contributed by atoms with Gasteiger partial charge >= 0.3 is 0 Å². The summed E-state index contributed by atoms with van der Waals surface area (Å²) < 4.78 is 0.395. The van der Waals surface area contributed by atoms with Gasteiger partial charge in [0.05, 0.1) is 6.61 Å². The third-order valence-corrected chi connectivity index (χ3v) is 2.96. The van der Waals surface area contributed by atoms with Crippen molar-refractivity contribution in [3.8, 4) is 0 Å². The average Bonchev–Trinajstić information content (AvgIpc) is 3.07. The summed E-state index contributed by atoms with van der Waals surface area (Å²) in [6.07, 6.45) is 2.38. The molecule has 2 aromatic rings. The van der Waals surface area contributed by atoms with Gasteiger partial charge in [0.1, 0.15) is 11.3 Å². The maximum absolute atomic E-state index is 8.82. The fraction of sp³-hybridized carbons (Fsp3) is 0.500. The molecule has 0 amide bonds. The molecule has 90 valence electrons. The third kappa shape index (κ3) is 2.03. The van der Waals surface area contributed by atoms with Crippen molar-refractivity contribution in [1.82, 2.24) is 19.9 Å². The van der Waals surface area contributed by atoms with Crippen molar-refractivity contribution in [1.29, 1.82) is 0 Å². The first-order valence-corrected chi connectivity index (χ1v) is 6.03. The van der Waals surface area contributed by atoms with Gasteiger partial charge in [-0.3, -0.25) is 0 Å². The van der Waals surface area contributed by atoms with Crippen LogP contribution in [0, 0.1) is 4.77 Å². The van der Waals surface area contributed by atoms with Crippen LogP contribution in [0.25, 0.3) is 11.2 Å². The fourth-order valence-corrected chi connectivity index (χ4v) is 1.98. The minimum atomic E-state index is 0.0537. The normalized spacial score (nSPS) is 15.4. The first-order valence-electron chi connectivity index (χ1n) is 5.62. The summed E-state index contributed by atoms with van der Waals surface area (Å²) >= 11 is 5.04. The average molecular weight is 251 g/mol. The molecule has 7 heteroatoms. The number of fused-ring (bicyclic) bond motifs is 1. The highest BCUT2D eigenvalue weighted by atomic mass is 32.1. The largest absolute Gasteiger partial charge is 0.395 e. The molecular formula is C10H13N5OS. The molecule has 1 saturated carbocycles. The van der Waals surface area contributed by atoms with Crippen molar-refractivity contribution in [2.24, 2.45) is 0 Å². The zero-order valence-electron chi connectivity index (χ0n) is 9.16. The molecule has 1 aliphatic carbocycles. The number of aromatic nitrogens is 4. The first-order chi connectivity index (χ1) is 8.28. The van der Waals surface area contributed by atoms with E-state index in [4.69, 9.17) is 17.3 Å².